The van der Waals surface area contributed by atoms with Gasteiger partial charge in [-0.3, -0.25) is 4.79 Å². The summed E-state index contributed by atoms with van der Waals surface area (Å²) in [5, 5.41) is 5.17. The summed E-state index contributed by atoms with van der Waals surface area (Å²) in [6.07, 6.45) is 0. The van der Waals surface area contributed by atoms with E-state index in [0.717, 1.165) is 56.0 Å². The molecule has 0 saturated heterocycles. The summed E-state index contributed by atoms with van der Waals surface area (Å²) in [4.78, 5) is 21.6. The van der Waals surface area contributed by atoms with Crippen molar-refractivity contribution < 1.29 is 14.3 Å². The predicted octanol–water partition coefficient (Wildman–Crippen LogP) is 6.00. The van der Waals surface area contributed by atoms with Gasteiger partial charge in [0, 0.05) is 16.8 Å². The number of imidazole rings is 1. The van der Waals surface area contributed by atoms with Crippen molar-refractivity contribution in [2.75, 3.05) is 19.5 Å². The number of aromatic amines is 1. The average molecular weight is 462 g/mol. The van der Waals surface area contributed by atoms with Crippen LogP contribution >= 0.6 is 0 Å². The topological polar surface area (TPSA) is 76.2 Å². The lowest BCUT2D eigenvalue weighted by atomic mass is 9.94. The first-order valence-electron chi connectivity index (χ1n) is 11.4. The molecule has 0 bridgehead atoms. The highest BCUT2D eigenvalue weighted by Gasteiger charge is 2.35. The van der Waals surface area contributed by atoms with Gasteiger partial charge in [0.15, 0.2) is 0 Å². The second-order valence-electron chi connectivity index (χ2n) is 8.51. The van der Waals surface area contributed by atoms with E-state index in [1.165, 1.54) is 0 Å². The minimum absolute atomic E-state index is 0.0678. The second kappa shape index (κ2) is 8.33. The standard InChI is InChI=1S/C29H23N3O3/c1-34-21-12-9-17(10-13-21)26-27(25-23-5-3-4-6-24(23)30-29(25)33)32-28(31-26)20-8-7-19-16-22(35-2)14-11-18(19)15-20/h3-16,25H,1-2H3,(H,30,33)(H,31,32). The molecule has 1 amide bonds. The number of H-pyrrole nitrogens is 1. The molecule has 0 fully saturated rings. The first-order chi connectivity index (χ1) is 17.1. The number of aromatic nitrogens is 2. The smallest absolute Gasteiger partial charge is 0.238 e. The Balaban J connectivity index is 1.51. The molecule has 6 heteroatoms. The van der Waals surface area contributed by atoms with Gasteiger partial charge in [0.1, 0.15) is 23.2 Å². The molecule has 35 heavy (non-hydrogen) atoms. The number of methoxy groups -OCH3 is 2. The number of benzene rings is 4. The normalized spacial score (nSPS) is 14.6. The van der Waals surface area contributed by atoms with Gasteiger partial charge in [0.2, 0.25) is 5.91 Å². The Hall–Kier alpha value is -4.58. The Morgan fingerprint density at radius 1 is 0.771 bits per heavy atom. The van der Waals surface area contributed by atoms with Crippen molar-refractivity contribution in [1.82, 2.24) is 9.97 Å². The fraction of sp³-hybridized carbons (Fsp3) is 0.103. The van der Waals surface area contributed by atoms with E-state index in [9.17, 15) is 4.79 Å². The quantitative estimate of drug-likeness (QED) is 0.337. The van der Waals surface area contributed by atoms with Gasteiger partial charge < -0.3 is 19.8 Å². The third kappa shape index (κ3) is 3.60. The van der Waals surface area contributed by atoms with Crippen molar-refractivity contribution in [3.8, 4) is 34.1 Å². The van der Waals surface area contributed by atoms with E-state index in [0.29, 0.717) is 5.82 Å². The fourth-order valence-corrected chi connectivity index (χ4v) is 4.69. The lowest BCUT2D eigenvalue weighted by Crippen LogP contribution is -2.14. The molecule has 1 aromatic heterocycles. The molecular formula is C29H23N3O3. The zero-order chi connectivity index (χ0) is 23.9. The summed E-state index contributed by atoms with van der Waals surface area (Å²) in [6.45, 7) is 0. The molecule has 172 valence electrons. The SMILES string of the molecule is COc1ccc(-c2nc(-c3ccc4cc(OC)ccc4c3)[nH]c2C2C(=O)Nc3ccccc32)cc1. The van der Waals surface area contributed by atoms with Crippen LogP contribution in [0, 0.1) is 0 Å². The zero-order valence-electron chi connectivity index (χ0n) is 19.3. The number of nitrogens with zero attached hydrogens (tertiary/aromatic N) is 1. The summed E-state index contributed by atoms with van der Waals surface area (Å²) >= 11 is 0. The highest BCUT2D eigenvalue weighted by Crippen LogP contribution is 2.41. The molecule has 1 aliphatic rings. The lowest BCUT2D eigenvalue weighted by Gasteiger charge is -2.10. The number of carbonyl (C=O) groups is 1. The van der Waals surface area contributed by atoms with Crippen molar-refractivity contribution in [1.29, 1.82) is 0 Å². The molecule has 1 atom stereocenters. The van der Waals surface area contributed by atoms with Gasteiger partial charge in [-0.2, -0.15) is 0 Å². The highest BCUT2D eigenvalue weighted by atomic mass is 16.5. The van der Waals surface area contributed by atoms with Crippen LogP contribution in [0.3, 0.4) is 0 Å². The van der Waals surface area contributed by atoms with Crippen LogP contribution in [0.25, 0.3) is 33.4 Å². The van der Waals surface area contributed by atoms with Crippen molar-refractivity contribution in [2.45, 2.75) is 5.92 Å². The molecule has 0 spiro atoms. The van der Waals surface area contributed by atoms with Gasteiger partial charge >= 0.3 is 0 Å². The number of hydrogen-bond donors (Lipinski definition) is 2. The van der Waals surface area contributed by atoms with E-state index in [2.05, 4.69) is 22.4 Å². The number of carbonyl (C=O) groups excluding carboxylic acids is 1. The largest absolute Gasteiger partial charge is 0.497 e. The molecule has 2 heterocycles. The van der Waals surface area contributed by atoms with Gasteiger partial charge in [0.05, 0.1) is 25.6 Å². The molecule has 0 radical (unpaired) electrons. The summed E-state index contributed by atoms with van der Waals surface area (Å²) in [5.74, 6) is 1.75. The van der Waals surface area contributed by atoms with Gasteiger partial charge in [-0.1, -0.05) is 36.4 Å². The van der Waals surface area contributed by atoms with E-state index in [-0.39, 0.29) is 5.91 Å². The van der Waals surface area contributed by atoms with E-state index in [1.54, 1.807) is 14.2 Å². The number of nitrogens with one attached hydrogen (secondary N) is 2. The molecular weight excluding hydrogens is 438 g/mol. The van der Waals surface area contributed by atoms with Crippen molar-refractivity contribution in [2.24, 2.45) is 0 Å². The Kier molecular flexibility index (Phi) is 4.99. The van der Waals surface area contributed by atoms with Gasteiger partial charge in [-0.15, -0.1) is 0 Å². The molecule has 1 unspecified atom stereocenters. The summed E-state index contributed by atoms with van der Waals surface area (Å²) in [5.41, 5.74) is 5.13. The highest BCUT2D eigenvalue weighted by molar-refractivity contribution is 6.05. The van der Waals surface area contributed by atoms with Crippen LogP contribution in [0.4, 0.5) is 5.69 Å². The molecule has 1 aliphatic heterocycles. The number of fused-ring (bicyclic) bond motifs is 2. The molecule has 0 saturated carbocycles. The monoisotopic (exact) mass is 461 g/mol. The van der Waals surface area contributed by atoms with Crippen molar-refractivity contribution >= 4 is 22.4 Å². The van der Waals surface area contributed by atoms with Crippen LogP contribution < -0.4 is 14.8 Å². The molecule has 4 aromatic carbocycles. The Morgan fingerprint density at radius 3 is 2.26 bits per heavy atom. The minimum atomic E-state index is -0.478. The van der Waals surface area contributed by atoms with Crippen LogP contribution in [-0.2, 0) is 4.79 Å². The first kappa shape index (κ1) is 21.0. The van der Waals surface area contributed by atoms with Crippen LogP contribution in [0.15, 0.2) is 84.9 Å². The predicted molar refractivity (Wildman–Crippen MR) is 137 cm³/mol. The number of ether oxygens (including phenoxy) is 2. The Bertz CT molecular complexity index is 1570. The fourth-order valence-electron chi connectivity index (χ4n) is 4.69. The summed E-state index contributed by atoms with van der Waals surface area (Å²) in [7, 11) is 3.31. The molecule has 6 nitrogen and oxygen atoms in total. The van der Waals surface area contributed by atoms with E-state index in [1.807, 2.05) is 72.8 Å². The zero-order valence-corrected chi connectivity index (χ0v) is 19.3. The first-order valence-corrected chi connectivity index (χ1v) is 11.4. The van der Waals surface area contributed by atoms with Gasteiger partial charge in [-0.05, 0) is 64.9 Å². The van der Waals surface area contributed by atoms with Crippen LogP contribution in [-0.4, -0.2) is 30.1 Å². The lowest BCUT2D eigenvalue weighted by molar-refractivity contribution is -0.116. The number of rotatable bonds is 5. The van der Waals surface area contributed by atoms with Gasteiger partial charge in [0.25, 0.3) is 0 Å². The van der Waals surface area contributed by atoms with Crippen LogP contribution in [0.5, 0.6) is 11.5 Å². The maximum absolute atomic E-state index is 13.1. The van der Waals surface area contributed by atoms with Crippen molar-refractivity contribution in [3.63, 3.8) is 0 Å². The van der Waals surface area contributed by atoms with Crippen molar-refractivity contribution in [3.05, 3.63) is 96.2 Å². The van der Waals surface area contributed by atoms with Crippen LogP contribution in [0.1, 0.15) is 17.2 Å². The maximum Gasteiger partial charge on any atom is 0.238 e. The van der Waals surface area contributed by atoms with Gasteiger partial charge in [-0.25, -0.2) is 4.98 Å². The third-order valence-electron chi connectivity index (χ3n) is 6.50. The number of hydrogen-bond acceptors (Lipinski definition) is 4. The Morgan fingerprint density at radius 2 is 1.46 bits per heavy atom. The maximum atomic E-state index is 13.1. The molecule has 0 aliphatic carbocycles. The summed E-state index contributed by atoms with van der Waals surface area (Å²) in [6, 6.07) is 27.7. The third-order valence-corrected chi connectivity index (χ3v) is 6.50. The molecule has 6 rings (SSSR count). The molecule has 2 N–H and O–H groups in total. The number of anilines is 1. The minimum Gasteiger partial charge on any atom is -0.497 e. The van der Waals surface area contributed by atoms with E-state index < -0.39 is 5.92 Å². The summed E-state index contributed by atoms with van der Waals surface area (Å²) < 4.78 is 10.7. The molecule has 5 aromatic rings. The average Bonchev–Trinajstić information content (AvgIpc) is 3.48. The van der Waals surface area contributed by atoms with Crippen LogP contribution in [0.2, 0.25) is 0 Å². The number of para-hydroxylation sites is 1. The van der Waals surface area contributed by atoms with E-state index >= 15 is 0 Å². The van der Waals surface area contributed by atoms with E-state index in [4.69, 9.17) is 14.5 Å². The Labute approximate surface area is 202 Å². The number of amides is 1. The second-order valence-corrected chi connectivity index (χ2v) is 8.51.